The van der Waals surface area contributed by atoms with E-state index in [9.17, 15) is 0 Å². The summed E-state index contributed by atoms with van der Waals surface area (Å²) in [5.41, 5.74) is 1.06. The monoisotopic (exact) mass is 221 g/mol. The molecule has 0 aromatic heterocycles. The van der Waals surface area contributed by atoms with Gasteiger partial charge in [0.2, 0.25) is 0 Å². The first-order chi connectivity index (χ1) is 7.77. The second-order valence-electron chi connectivity index (χ2n) is 3.64. The summed E-state index contributed by atoms with van der Waals surface area (Å²) in [4.78, 5) is 0. The minimum absolute atomic E-state index is 0.127. The van der Waals surface area contributed by atoms with Crippen LogP contribution in [-0.4, -0.2) is 31.4 Å². The molecule has 88 valence electrons. The second-order valence-corrected chi connectivity index (χ2v) is 3.64. The van der Waals surface area contributed by atoms with Crippen molar-refractivity contribution in [3.05, 3.63) is 35.9 Å². The van der Waals surface area contributed by atoms with Crippen LogP contribution < -0.4 is 10.1 Å². The molecule has 1 atom stereocenters. The van der Waals surface area contributed by atoms with Gasteiger partial charge in [0.15, 0.2) is 0 Å². The molecule has 3 heteroatoms. The highest BCUT2D eigenvalue weighted by atomic mass is 16.5. The lowest BCUT2D eigenvalue weighted by Crippen LogP contribution is -2.29. The summed E-state index contributed by atoms with van der Waals surface area (Å²) < 4.78 is 5.23. The average Bonchev–Trinajstić information content (AvgIpc) is 2.34. The molecule has 0 aliphatic heterocycles. The lowest BCUT2D eigenvalue weighted by Gasteiger charge is -2.07. The highest BCUT2D eigenvalue weighted by Crippen LogP contribution is 2.18. The summed E-state index contributed by atoms with van der Waals surface area (Å²) in [6, 6.07) is 7.99. The molecule has 0 heterocycles. The Balaban J connectivity index is 2.49. The molecule has 1 aromatic carbocycles. The fraction of sp³-hybridized carbons (Fsp3) is 0.385. The van der Waals surface area contributed by atoms with Crippen LogP contribution in [0.5, 0.6) is 5.75 Å². The molecular formula is C13H19NO2. The van der Waals surface area contributed by atoms with Gasteiger partial charge in [-0.1, -0.05) is 30.4 Å². The van der Waals surface area contributed by atoms with Crippen molar-refractivity contribution in [1.82, 2.24) is 5.32 Å². The number of methoxy groups -OCH3 is 1. The zero-order valence-corrected chi connectivity index (χ0v) is 9.81. The Morgan fingerprint density at radius 2 is 2.19 bits per heavy atom. The fourth-order valence-electron chi connectivity index (χ4n) is 1.32. The van der Waals surface area contributed by atoms with E-state index < -0.39 is 0 Å². The third-order valence-electron chi connectivity index (χ3n) is 2.29. The smallest absolute Gasteiger partial charge is 0.126 e. The Hall–Kier alpha value is -1.32. The largest absolute Gasteiger partial charge is 0.496 e. The van der Waals surface area contributed by atoms with Crippen molar-refractivity contribution < 1.29 is 9.84 Å². The molecule has 2 N–H and O–H groups in total. The molecule has 0 saturated carbocycles. The summed E-state index contributed by atoms with van der Waals surface area (Å²) in [6.07, 6.45) is 4.03. The van der Waals surface area contributed by atoms with Crippen molar-refractivity contribution in [2.24, 2.45) is 0 Å². The Labute approximate surface area is 96.8 Å². The zero-order valence-electron chi connectivity index (χ0n) is 9.81. The maximum Gasteiger partial charge on any atom is 0.126 e. The topological polar surface area (TPSA) is 41.5 Å². The molecular weight excluding hydrogens is 202 g/mol. The first kappa shape index (κ1) is 12.7. The van der Waals surface area contributed by atoms with Gasteiger partial charge < -0.3 is 15.2 Å². The molecule has 0 aliphatic rings. The summed E-state index contributed by atoms with van der Waals surface area (Å²) in [5, 5.41) is 12.0. The Kier molecular flexibility index (Phi) is 5.61. The summed E-state index contributed by atoms with van der Waals surface area (Å²) in [5.74, 6) is 0.869. The molecule has 0 spiro atoms. The fourth-order valence-corrected chi connectivity index (χ4v) is 1.32. The number of hydrogen-bond donors (Lipinski definition) is 2. The molecule has 0 saturated heterocycles. The number of nitrogens with one attached hydrogen (secondary N) is 1. The van der Waals surface area contributed by atoms with Crippen LogP contribution in [0.3, 0.4) is 0 Å². The van der Waals surface area contributed by atoms with Crippen LogP contribution in [0.15, 0.2) is 30.3 Å². The number of rotatable bonds is 6. The van der Waals surface area contributed by atoms with Gasteiger partial charge in [0, 0.05) is 18.2 Å². The van der Waals surface area contributed by atoms with Gasteiger partial charge >= 0.3 is 0 Å². The molecule has 0 amide bonds. The molecule has 16 heavy (non-hydrogen) atoms. The molecule has 1 rings (SSSR count). The summed E-state index contributed by atoms with van der Waals surface area (Å²) >= 11 is 0. The maximum absolute atomic E-state index is 8.83. The van der Waals surface area contributed by atoms with E-state index >= 15 is 0 Å². The third kappa shape index (κ3) is 4.04. The maximum atomic E-state index is 8.83. The van der Waals surface area contributed by atoms with Gasteiger partial charge in [-0.05, 0) is 13.0 Å². The second kappa shape index (κ2) is 7.04. The van der Waals surface area contributed by atoms with Gasteiger partial charge in [0.25, 0.3) is 0 Å². The molecule has 0 fully saturated rings. The van der Waals surface area contributed by atoms with Gasteiger partial charge in [0.05, 0.1) is 13.7 Å². The van der Waals surface area contributed by atoms with Crippen LogP contribution in [0.2, 0.25) is 0 Å². The van der Waals surface area contributed by atoms with E-state index in [-0.39, 0.29) is 12.6 Å². The van der Waals surface area contributed by atoms with E-state index in [1.807, 2.05) is 43.3 Å². The van der Waals surface area contributed by atoms with Gasteiger partial charge in [0.1, 0.15) is 5.75 Å². The minimum Gasteiger partial charge on any atom is -0.496 e. The number of aliphatic hydroxyl groups excluding tert-OH is 1. The Morgan fingerprint density at radius 3 is 2.88 bits per heavy atom. The quantitative estimate of drug-likeness (QED) is 0.768. The predicted molar refractivity (Wildman–Crippen MR) is 66.6 cm³/mol. The number of hydrogen-bond acceptors (Lipinski definition) is 3. The first-order valence-electron chi connectivity index (χ1n) is 5.41. The summed E-state index contributed by atoms with van der Waals surface area (Å²) in [7, 11) is 1.67. The number of benzene rings is 1. The molecule has 0 aliphatic carbocycles. The molecule has 1 aromatic rings. The van der Waals surface area contributed by atoms with Crippen molar-refractivity contribution in [2.75, 3.05) is 20.3 Å². The van der Waals surface area contributed by atoms with E-state index in [0.717, 1.165) is 17.9 Å². The van der Waals surface area contributed by atoms with E-state index in [4.69, 9.17) is 9.84 Å². The van der Waals surface area contributed by atoms with Crippen molar-refractivity contribution in [3.63, 3.8) is 0 Å². The van der Waals surface area contributed by atoms with Crippen molar-refractivity contribution in [1.29, 1.82) is 0 Å². The normalized spacial score (nSPS) is 12.9. The minimum atomic E-state index is 0.127. The predicted octanol–water partition coefficient (Wildman–Crippen LogP) is 1.68. The SMILES string of the molecule is COc1ccccc1C=CCN[C@H](C)CO. The van der Waals surface area contributed by atoms with Crippen molar-refractivity contribution in [2.45, 2.75) is 13.0 Å². The van der Waals surface area contributed by atoms with E-state index in [1.165, 1.54) is 0 Å². The molecule has 3 nitrogen and oxygen atoms in total. The van der Waals surface area contributed by atoms with Crippen molar-refractivity contribution in [3.8, 4) is 5.75 Å². The van der Waals surface area contributed by atoms with Crippen LogP contribution in [0.1, 0.15) is 12.5 Å². The number of para-hydroxylation sites is 1. The Bertz CT molecular complexity index is 336. The van der Waals surface area contributed by atoms with Crippen LogP contribution in [-0.2, 0) is 0 Å². The third-order valence-corrected chi connectivity index (χ3v) is 2.29. The molecule has 0 bridgehead atoms. The molecule has 0 unspecified atom stereocenters. The van der Waals surface area contributed by atoms with E-state index in [0.29, 0.717) is 0 Å². The molecule has 0 radical (unpaired) electrons. The number of aliphatic hydroxyl groups is 1. The number of ether oxygens (including phenoxy) is 1. The highest BCUT2D eigenvalue weighted by Gasteiger charge is 1.97. The van der Waals surface area contributed by atoms with Crippen LogP contribution in [0.25, 0.3) is 6.08 Å². The first-order valence-corrected chi connectivity index (χ1v) is 5.41. The Morgan fingerprint density at radius 1 is 1.44 bits per heavy atom. The lowest BCUT2D eigenvalue weighted by atomic mass is 10.2. The van der Waals surface area contributed by atoms with Gasteiger partial charge in [-0.3, -0.25) is 0 Å². The summed E-state index contributed by atoms with van der Waals surface area (Å²) in [6.45, 7) is 2.83. The van der Waals surface area contributed by atoms with E-state index in [1.54, 1.807) is 7.11 Å². The van der Waals surface area contributed by atoms with Crippen LogP contribution in [0.4, 0.5) is 0 Å². The highest BCUT2D eigenvalue weighted by molar-refractivity contribution is 5.57. The zero-order chi connectivity index (χ0) is 11.8. The van der Waals surface area contributed by atoms with E-state index in [2.05, 4.69) is 5.32 Å². The van der Waals surface area contributed by atoms with Gasteiger partial charge in [-0.25, -0.2) is 0 Å². The van der Waals surface area contributed by atoms with Crippen molar-refractivity contribution >= 4 is 6.08 Å². The standard InChI is InChI=1S/C13H19NO2/c1-11(10-15)14-9-5-7-12-6-3-4-8-13(12)16-2/h3-8,11,14-15H,9-10H2,1-2H3/t11-/m1/s1. The average molecular weight is 221 g/mol. The van der Waals surface area contributed by atoms with Gasteiger partial charge in [-0.15, -0.1) is 0 Å². The van der Waals surface area contributed by atoms with Crippen LogP contribution >= 0.6 is 0 Å². The lowest BCUT2D eigenvalue weighted by molar-refractivity contribution is 0.255. The van der Waals surface area contributed by atoms with Crippen LogP contribution in [0, 0.1) is 0 Å². The van der Waals surface area contributed by atoms with Gasteiger partial charge in [-0.2, -0.15) is 0 Å².